The van der Waals surface area contributed by atoms with Crippen LogP contribution in [0.4, 0.5) is 5.13 Å². The van der Waals surface area contributed by atoms with Gasteiger partial charge < -0.3 is 9.47 Å². The lowest BCUT2D eigenvalue weighted by Gasteiger charge is -2.04. The Balaban J connectivity index is 1.75. The summed E-state index contributed by atoms with van der Waals surface area (Å²) in [6.07, 6.45) is 2.68. The molecule has 1 fully saturated rings. The van der Waals surface area contributed by atoms with Gasteiger partial charge in [0.05, 0.1) is 17.4 Å². The van der Waals surface area contributed by atoms with E-state index in [2.05, 4.69) is 16.4 Å². The fourth-order valence-corrected chi connectivity index (χ4v) is 3.26. The molecule has 1 saturated heterocycles. The summed E-state index contributed by atoms with van der Waals surface area (Å²) in [6, 6.07) is 6.14. The second-order valence-corrected chi connectivity index (χ2v) is 5.69. The summed E-state index contributed by atoms with van der Waals surface area (Å²) in [5.74, 6) is 0.918. The van der Waals surface area contributed by atoms with Crippen LogP contribution < -0.4 is 15.0 Å². The second kappa shape index (κ2) is 5.75. The molecule has 0 radical (unpaired) electrons. The molecule has 3 rings (SSSR count). The number of aromatic nitrogens is 1. The van der Waals surface area contributed by atoms with Gasteiger partial charge in [-0.25, -0.2) is 4.98 Å². The molecule has 0 amide bonds. The average molecular weight is 279 g/mol. The van der Waals surface area contributed by atoms with Crippen LogP contribution in [-0.4, -0.2) is 25.9 Å². The van der Waals surface area contributed by atoms with E-state index in [1.54, 1.807) is 11.3 Å². The van der Waals surface area contributed by atoms with E-state index in [1.807, 2.05) is 19.1 Å². The van der Waals surface area contributed by atoms with E-state index in [0.717, 1.165) is 36.0 Å². The summed E-state index contributed by atoms with van der Waals surface area (Å²) in [7, 11) is 0. The van der Waals surface area contributed by atoms with Gasteiger partial charge in [-0.15, -0.1) is 0 Å². The first-order valence-electron chi connectivity index (χ1n) is 6.80. The van der Waals surface area contributed by atoms with Crippen molar-refractivity contribution in [3.63, 3.8) is 0 Å². The number of nitrogens with one attached hydrogen (secondary N) is 2. The number of hydrogen-bond donors (Lipinski definition) is 1. The van der Waals surface area contributed by atoms with Gasteiger partial charge in [0.15, 0.2) is 11.3 Å². The van der Waals surface area contributed by atoms with E-state index in [0.29, 0.717) is 12.7 Å². The maximum Gasteiger partial charge on any atom is 0.332 e. The number of hydrogen-bond acceptors (Lipinski definition) is 4. The zero-order chi connectivity index (χ0) is 13.1. The van der Waals surface area contributed by atoms with Crippen molar-refractivity contribution in [1.82, 2.24) is 0 Å². The molecule has 2 aromatic rings. The van der Waals surface area contributed by atoms with Crippen LogP contribution in [0, 0.1) is 0 Å². The van der Waals surface area contributed by atoms with Crippen LogP contribution in [0.25, 0.3) is 10.2 Å². The van der Waals surface area contributed by atoms with Crippen LogP contribution in [0.1, 0.15) is 19.8 Å². The average Bonchev–Trinajstić information content (AvgIpc) is 3.06. The molecule has 2 heterocycles. The summed E-state index contributed by atoms with van der Waals surface area (Å²) >= 11 is 1.72. The van der Waals surface area contributed by atoms with Gasteiger partial charge in [0.1, 0.15) is 6.54 Å². The molecule has 2 N–H and O–H groups in total. The lowest BCUT2D eigenvalue weighted by molar-refractivity contribution is -0.322. The highest BCUT2D eigenvalue weighted by Gasteiger charge is 2.19. The molecule has 0 unspecified atom stereocenters. The van der Waals surface area contributed by atoms with E-state index >= 15 is 0 Å². The van der Waals surface area contributed by atoms with Crippen molar-refractivity contribution in [2.45, 2.75) is 25.9 Å². The highest BCUT2D eigenvalue weighted by molar-refractivity contribution is 7.21. The predicted octanol–water partition coefficient (Wildman–Crippen LogP) is 2.71. The number of anilines is 1. The minimum absolute atomic E-state index is 0.352. The smallest absolute Gasteiger partial charge is 0.332 e. The number of aromatic amines is 1. The Bertz CT molecular complexity index is 549. The van der Waals surface area contributed by atoms with Gasteiger partial charge in [-0.1, -0.05) is 6.07 Å². The zero-order valence-electron chi connectivity index (χ0n) is 11.1. The first-order chi connectivity index (χ1) is 9.36. The lowest BCUT2D eigenvalue weighted by atomic mass is 10.2. The predicted molar refractivity (Wildman–Crippen MR) is 77.0 cm³/mol. The Hall–Kier alpha value is -1.33. The highest BCUT2D eigenvalue weighted by Crippen LogP contribution is 2.29. The summed E-state index contributed by atoms with van der Waals surface area (Å²) in [6.45, 7) is 4.45. The quantitative estimate of drug-likeness (QED) is 0.915. The van der Waals surface area contributed by atoms with E-state index < -0.39 is 0 Å². The van der Waals surface area contributed by atoms with E-state index in [-0.39, 0.29) is 0 Å². The number of thiazole rings is 1. The van der Waals surface area contributed by atoms with Gasteiger partial charge in [0, 0.05) is 6.61 Å². The standard InChI is InChI=1S/C14H18N2O2S/c1-2-17-11-6-3-7-12-13(11)16-14(19-12)15-9-10-5-4-8-18-10/h3,6-7,10H,2,4-5,8-9H2,1H3,(H,15,16)/p+1/t10-/m0/s1. The largest absolute Gasteiger partial charge is 0.489 e. The van der Waals surface area contributed by atoms with Crippen LogP contribution in [0.2, 0.25) is 0 Å². The summed E-state index contributed by atoms with van der Waals surface area (Å²) in [5.41, 5.74) is 1.07. The van der Waals surface area contributed by atoms with E-state index in [1.165, 1.54) is 11.1 Å². The third kappa shape index (κ3) is 2.82. The molecule has 0 saturated carbocycles. The van der Waals surface area contributed by atoms with Crippen LogP contribution in [0.3, 0.4) is 0 Å². The van der Waals surface area contributed by atoms with E-state index in [9.17, 15) is 0 Å². The summed E-state index contributed by atoms with van der Waals surface area (Å²) < 4.78 is 12.5. The molecule has 1 atom stereocenters. The van der Waals surface area contributed by atoms with Crippen LogP contribution in [0.5, 0.6) is 5.75 Å². The maximum atomic E-state index is 5.63. The zero-order valence-corrected chi connectivity index (χ0v) is 11.9. The van der Waals surface area contributed by atoms with Crippen molar-refractivity contribution in [3.05, 3.63) is 18.2 Å². The summed E-state index contributed by atoms with van der Waals surface area (Å²) in [4.78, 5) is 3.40. The lowest BCUT2D eigenvalue weighted by Crippen LogP contribution is -2.21. The van der Waals surface area contributed by atoms with Crippen molar-refractivity contribution in [3.8, 4) is 5.75 Å². The number of fused-ring (bicyclic) bond motifs is 1. The van der Waals surface area contributed by atoms with Gasteiger partial charge in [-0.3, -0.25) is 5.32 Å². The van der Waals surface area contributed by atoms with Gasteiger partial charge >= 0.3 is 5.13 Å². The molecule has 5 heteroatoms. The molecule has 4 nitrogen and oxygen atoms in total. The monoisotopic (exact) mass is 279 g/mol. The van der Waals surface area contributed by atoms with Crippen LogP contribution >= 0.6 is 11.3 Å². The van der Waals surface area contributed by atoms with Crippen LogP contribution in [-0.2, 0) is 4.74 Å². The normalized spacial score (nSPS) is 18.9. The van der Waals surface area contributed by atoms with Crippen molar-refractivity contribution >= 4 is 26.7 Å². The SMILES string of the molecule is CCOc1cccc2sc(NC[C@@H]3CCCO3)[nH+]c12. The molecule has 0 spiro atoms. The molecular weight excluding hydrogens is 260 g/mol. The molecule has 0 aliphatic carbocycles. The Labute approximate surface area is 116 Å². The van der Waals surface area contributed by atoms with Crippen LogP contribution in [0.15, 0.2) is 18.2 Å². The fourth-order valence-electron chi connectivity index (χ4n) is 2.34. The first-order valence-corrected chi connectivity index (χ1v) is 7.61. The Morgan fingerprint density at radius 2 is 2.47 bits per heavy atom. The minimum Gasteiger partial charge on any atom is -0.489 e. The van der Waals surface area contributed by atoms with Gasteiger partial charge in [0.25, 0.3) is 0 Å². The van der Waals surface area contributed by atoms with Crippen molar-refractivity contribution < 1.29 is 14.5 Å². The molecule has 1 aromatic heterocycles. The number of ether oxygens (including phenoxy) is 2. The number of rotatable bonds is 5. The minimum atomic E-state index is 0.352. The number of benzene rings is 1. The number of para-hydroxylation sites is 1. The maximum absolute atomic E-state index is 5.63. The first kappa shape index (κ1) is 12.7. The molecule has 1 aromatic carbocycles. The van der Waals surface area contributed by atoms with Crippen molar-refractivity contribution in [1.29, 1.82) is 0 Å². The highest BCUT2D eigenvalue weighted by atomic mass is 32.1. The summed E-state index contributed by atoms with van der Waals surface area (Å²) in [5, 5.41) is 4.50. The fraction of sp³-hybridized carbons (Fsp3) is 0.500. The third-order valence-electron chi connectivity index (χ3n) is 3.25. The van der Waals surface area contributed by atoms with Gasteiger partial charge in [0.2, 0.25) is 0 Å². The topological polar surface area (TPSA) is 44.6 Å². The number of H-pyrrole nitrogens is 1. The third-order valence-corrected chi connectivity index (χ3v) is 4.26. The van der Waals surface area contributed by atoms with Crippen molar-refractivity contribution in [2.24, 2.45) is 0 Å². The Kier molecular flexibility index (Phi) is 3.84. The molecular formula is C14H19N2O2S+. The second-order valence-electron chi connectivity index (χ2n) is 4.63. The Morgan fingerprint density at radius 1 is 1.53 bits per heavy atom. The molecule has 19 heavy (non-hydrogen) atoms. The molecule has 102 valence electrons. The molecule has 1 aliphatic rings. The molecule has 1 aliphatic heterocycles. The van der Waals surface area contributed by atoms with Gasteiger partial charge in [-0.2, -0.15) is 0 Å². The van der Waals surface area contributed by atoms with Gasteiger partial charge in [-0.05, 0) is 43.2 Å². The van der Waals surface area contributed by atoms with Crippen molar-refractivity contribution in [2.75, 3.05) is 25.1 Å². The van der Waals surface area contributed by atoms with E-state index in [4.69, 9.17) is 9.47 Å². The molecule has 0 bridgehead atoms. The Morgan fingerprint density at radius 3 is 3.26 bits per heavy atom.